The Hall–Kier alpha value is -2.60. The number of fused-ring (bicyclic) bond motifs is 1. The number of hydrogen-bond donors (Lipinski definition) is 1. The summed E-state index contributed by atoms with van der Waals surface area (Å²) in [7, 11) is 3.27. The molecule has 0 aromatic heterocycles. The van der Waals surface area contributed by atoms with E-state index in [-0.39, 0.29) is 29.7 Å². The zero-order valence-electron chi connectivity index (χ0n) is 19.1. The van der Waals surface area contributed by atoms with Gasteiger partial charge in [0.25, 0.3) is 0 Å². The van der Waals surface area contributed by atoms with Crippen molar-refractivity contribution in [3.8, 4) is 11.5 Å². The van der Waals surface area contributed by atoms with E-state index >= 15 is 0 Å². The monoisotopic (exact) mass is 428 g/mol. The fourth-order valence-corrected chi connectivity index (χ4v) is 4.30. The first-order valence-corrected chi connectivity index (χ1v) is 10.9. The molecule has 1 aliphatic heterocycles. The fraction of sp³-hybridized carbons (Fsp3) is 0.480. The average molecular weight is 429 g/mol. The molecule has 168 valence electrons. The summed E-state index contributed by atoms with van der Waals surface area (Å²) in [6.07, 6.45) is 1.62. The summed E-state index contributed by atoms with van der Waals surface area (Å²) >= 11 is 0. The number of amides is 1. The number of benzene rings is 2. The molecule has 1 N–H and O–H groups in total. The molecule has 5 nitrogen and oxygen atoms in total. The van der Waals surface area contributed by atoms with Crippen LogP contribution >= 0.6 is 0 Å². The number of rotatable bonds is 8. The molecule has 0 radical (unpaired) electrons. The molecule has 2 unspecified atom stereocenters. The largest absolute Gasteiger partial charge is 0.493 e. The minimum atomic E-state index is -0.238. The van der Waals surface area contributed by atoms with Crippen LogP contribution in [0, 0.1) is 11.7 Å². The van der Waals surface area contributed by atoms with Crippen molar-refractivity contribution >= 4 is 5.91 Å². The lowest BCUT2D eigenvalue weighted by atomic mass is 9.86. The second-order valence-electron chi connectivity index (χ2n) is 8.38. The standard InChI is InChI=1S/C25H33FN2O3/c1-6-21(27-25(29)16(2)3)24-20-14-23(31-5)22(30-4)13-18(20)10-11-28(24)15-17-8-7-9-19(26)12-17/h7-9,12-14,16,21,24H,6,10-11,15H2,1-5H3,(H,27,29). The Balaban J connectivity index is 2.03. The van der Waals surface area contributed by atoms with Crippen molar-refractivity contribution in [3.05, 3.63) is 58.9 Å². The molecule has 0 saturated carbocycles. The van der Waals surface area contributed by atoms with Crippen LogP contribution in [-0.2, 0) is 17.8 Å². The van der Waals surface area contributed by atoms with E-state index in [0.29, 0.717) is 18.0 Å². The van der Waals surface area contributed by atoms with Crippen molar-refractivity contribution in [2.45, 2.75) is 52.2 Å². The van der Waals surface area contributed by atoms with Crippen LogP contribution in [0.25, 0.3) is 0 Å². The van der Waals surface area contributed by atoms with Gasteiger partial charge >= 0.3 is 0 Å². The summed E-state index contributed by atoms with van der Waals surface area (Å²) in [5, 5.41) is 3.24. The zero-order valence-corrected chi connectivity index (χ0v) is 19.1. The highest BCUT2D eigenvalue weighted by Crippen LogP contribution is 2.40. The van der Waals surface area contributed by atoms with Gasteiger partial charge in [-0.05, 0) is 53.8 Å². The smallest absolute Gasteiger partial charge is 0.222 e. The topological polar surface area (TPSA) is 50.8 Å². The molecule has 0 aliphatic carbocycles. The van der Waals surface area contributed by atoms with Gasteiger partial charge in [-0.2, -0.15) is 0 Å². The van der Waals surface area contributed by atoms with Gasteiger partial charge < -0.3 is 14.8 Å². The Morgan fingerprint density at radius 2 is 1.90 bits per heavy atom. The molecular formula is C25H33FN2O3. The quantitative estimate of drug-likeness (QED) is 0.673. The highest BCUT2D eigenvalue weighted by Gasteiger charge is 2.35. The number of carbonyl (C=O) groups is 1. The van der Waals surface area contributed by atoms with Gasteiger partial charge in [-0.1, -0.05) is 32.9 Å². The molecule has 0 bridgehead atoms. The molecule has 2 atom stereocenters. The maximum Gasteiger partial charge on any atom is 0.222 e. The Morgan fingerprint density at radius 1 is 1.19 bits per heavy atom. The molecule has 6 heteroatoms. The summed E-state index contributed by atoms with van der Waals surface area (Å²) in [4.78, 5) is 14.9. The van der Waals surface area contributed by atoms with E-state index in [1.54, 1.807) is 26.4 Å². The molecule has 0 spiro atoms. The third-order valence-electron chi connectivity index (χ3n) is 5.97. The van der Waals surface area contributed by atoms with Crippen LogP contribution in [0.3, 0.4) is 0 Å². The number of nitrogens with one attached hydrogen (secondary N) is 1. The number of ether oxygens (including phenoxy) is 2. The van der Waals surface area contributed by atoms with E-state index in [1.165, 1.54) is 11.6 Å². The first-order valence-electron chi connectivity index (χ1n) is 10.9. The van der Waals surface area contributed by atoms with Crippen LogP contribution in [-0.4, -0.2) is 37.6 Å². The molecule has 2 aromatic rings. The molecule has 1 aliphatic rings. The first-order chi connectivity index (χ1) is 14.9. The third-order valence-corrected chi connectivity index (χ3v) is 5.97. The normalized spacial score (nSPS) is 17.2. The first kappa shape index (κ1) is 23.1. The molecule has 2 aromatic carbocycles. The lowest BCUT2D eigenvalue weighted by molar-refractivity contribution is -0.125. The molecule has 1 heterocycles. The van der Waals surface area contributed by atoms with E-state index in [0.717, 1.165) is 30.5 Å². The molecule has 0 saturated heterocycles. The van der Waals surface area contributed by atoms with Crippen molar-refractivity contribution in [2.75, 3.05) is 20.8 Å². The molecule has 3 rings (SSSR count). The van der Waals surface area contributed by atoms with E-state index in [9.17, 15) is 9.18 Å². The minimum absolute atomic E-state index is 0.0326. The number of methoxy groups -OCH3 is 2. The van der Waals surface area contributed by atoms with E-state index in [1.807, 2.05) is 32.0 Å². The van der Waals surface area contributed by atoms with Crippen molar-refractivity contribution < 1.29 is 18.7 Å². The predicted octanol–water partition coefficient (Wildman–Crippen LogP) is 4.49. The second-order valence-corrected chi connectivity index (χ2v) is 8.38. The number of halogens is 1. The van der Waals surface area contributed by atoms with Crippen molar-refractivity contribution in [1.29, 1.82) is 0 Å². The van der Waals surface area contributed by atoms with Gasteiger partial charge in [0, 0.05) is 25.0 Å². The van der Waals surface area contributed by atoms with Crippen LogP contribution < -0.4 is 14.8 Å². The van der Waals surface area contributed by atoms with Crippen molar-refractivity contribution in [1.82, 2.24) is 10.2 Å². The minimum Gasteiger partial charge on any atom is -0.493 e. The lowest BCUT2D eigenvalue weighted by Crippen LogP contribution is -2.49. The van der Waals surface area contributed by atoms with Crippen molar-refractivity contribution in [3.63, 3.8) is 0 Å². The van der Waals surface area contributed by atoms with Gasteiger partial charge in [0.2, 0.25) is 5.91 Å². The van der Waals surface area contributed by atoms with Gasteiger partial charge in [0.05, 0.1) is 20.3 Å². The SMILES string of the molecule is CCC(NC(=O)C(C)C)C1c2cc(OC)c(OC)cc2CCN1Cc1cccc(F)c1. The highest BCUT2D eigenvalue weighted by molar-refractivity contribution is 5.78. The number of nitrogens with zero attached hydrogens (tertiary/aromatic N) is 1. The van der Waals surface area contributed by atoms with Crippen LogP contribution in [0.4, 0.5) is 4.39 Å². The zero-order chi connectivity index (χ0) is 22.5. The lowest BCUT2D eigenvalue weighted by Gasteiger charge is -2.42. The molecular weight excluding hydrogens is 395 g/mol. The summed E-state index contributed by atoms with van der Waals surface area (Å²) in [6.45, 7) is 7.28. The summed E-state index contributed by atoms with van der Waals surface area (Å²) < 4.78 is 24.9. The maximum absolute atomic E-state index is 13.8. The van der Waals surface area contributed by atoms with Crippen molar-refractivity contribution in [2.24, 2.45) is 5.92 Å². The van der Waals surface area contributed by atoms with E-state index in [2.05, 4.69) is 17.1 Å². The number of carbonyl (C=O) groups excluding carboxylic acids is 1. The van der Waals surface area contributed by atoms with Crippen LogP contribution in [0.1, 0.15) is 49.9 Å². The van der Waals surface area contributed by atoms with Crippen LogP contribution in [0.5, 0.6) is 11.5 Å². The molecule has 0 fully saturated rings. The third kappa shape index (κ3) is 5.18. The maximum atomic E-state index is 13.8. The van der Waals surface area contributed by atoms with Crippen LogP contribution in [0.15, 0.2) is 36.4 Å². The molecule has 31 heavy (non-hydrogen) atoms. The van der Waals surface area contributed by atoms with Gasteiger partial charge in [0.15, 0.2) is 11.5 Å². The van der Waals surface area contributed by atoms with Crippen LogP contribution in [0.2, 0.25) is 0 Å². The Labute approximate surface area is 184 Å². The predicted molar refractivity (Wildman–Crippen MR) is 120 cm³/mol. The van der Waals surface area contributed by atoms with Gasteiger partial charge in [-0.15, -0.1) is 0 Å². The number of hydrogen-bond acceptors (Lipinski definition) is 4. The fourth-order valence-electron chi connectivity index (χ4n) is 4.30. The van der Waals surface area contributed by atoms with E-state index < -0.39 is 0 Å². The second kappa shape index (κ2) is 10.1. The Bertz CT molecular complexity index is 916. The molecule has 1 amide bonds. The summed E-state index contributed by atoms with van der Waals surface area (Å²) in [5.41, 5.74) is 3.23. The van der Waals surface area contributed by atoms with Gasteiger partial charge in [0.1, 0.15) is 5.82 Å². The van der Waals surface area contributed by atoms with Gasteiger partial charge in [-0.3, -0.25) is 9.69 Å². The summed E-state index contributed by atoms with van der Waals surface area (Å²) in [5.74, 6) is 1.07. The van der Waals surface area contributed by atoms with Gasteiger partial charge in [-0.25, -0.2) is 4.39 Å². The Morgan fingerprint density at radius 3 is 2.52 bits per heavy atom. The average Bonchev–Trinajstić information content (AvgIpc) is 2.76. The van der Waals surface area contributed by atoms with E-state index in [4.69, 9.17) is 9.47 Å². The Kier molecular flexibility index (Phi) is 7.55. The highest BCUT2D eigenvalue weighted by atomic mass is 19.1. The summed E-state index contributed by atoms with van der Waals surface area (Å²) in [6, 6.07) is 10.6.